The van der Waals surface area contributed by atoms with E-state index in [1.807, 2.05) is 0 Å². The van der Waals surface area contributed by atoms with Gasteiger partial charge in [0.05, 0.1) is 16.9 Å². The Morgan fingerprint density at radius 1 is 1.10 bits per heavy atom. The van der Waals surface area contributed by atoms with E-state index in [2.05, 4.69) is 15.6 Å². The van der Waals surface area contributed by atoms with Crippen molar-refractivity contribution in [3.8, 4) is 0 Å². The topological polar surface area (TPSA) is 71.1 Å². The number of nitrogens with one attached hydrogen (secondary N) is 2. The summed E-state index contributed by atoms with van der Waals surface area (Å²) in [5.41, 5.74) is 0.618. The van der Waals surface area contributed by atoms with E-state index in [4.69, 9.17) is 11.6 Å². The molecule has 1 aromatic heterocycles. The average molecular weight is 294 g/mol. The molecule has 2 amide bonds. The number of carbonyl (C=O) groups is 2. The predicted octanol–water partition coefficient (Wildman–Crippen LogP) is 2.45. The van der Waals surface area contributed by atoms with Crippen molar-refractivity contribution in [1.82, 2.24) is 4.98 Å². The van der Waals surface area contributed by atoms with Crippen molar-refractivity contribution in [2.75, 3.05) is 10.6 Å². The van der Waals surface area contributed by atoms with E-state index >= 15 is 0 Å². The van der Waals surface area contributed by atoms with Crippen LogP contribution in [0.3, 0.4) is 0 Å². The minimum absolute atomic E-state index is 0.143. The molecule has 1 heterocycles. The fourth-order valence-corrected chi connectivity index (χ4v) is 1.57. The summed E-state index contributed by atoms with van der Waals surface area (Å²) in [6.07, 6.45) is 2.94. The SMILES string of the molecule is O=C(Nc1cccnc1)C(=O)Nc1ccc(F)c(Cl)c1. The summed E-state index contributed by atoms with van der Waals surface area (Å²) in [5, 5.41) is 4.53. The highest BCUT2D eigenvalue weighted by atomic mass is 35.5. The molecule has 2 N–H and O–H groups in total. The number of nitrogens with zero attached hydrogens (tertiary/aromatic N) is 1. The maximum atomic E-state index is 13.0. The van der Waals surface area contributed by atoms with Gasteiger partial charge in [-0.15, -0.1) is 0 Å². The fourth-order valence-electron chi connectivity index (χ4n) is 1.39. The third-order valence-corrected chi connectivity index (χ3v) is 2.59. The summed E-state index contributed by atoms with van der Waals surface area (Å²) < 4.78 is 13.0. The minimum Gasteiger partial charge on any atom is -0.318 e. The van der Waals surface area contributed by atoms with Gasteiger partial charge in [-0.25, -0.2) is 4.39 Å². The van der Waals surface area contributed by atoms with Crippen LogP contribution in [0.15, 0.2) is 42.7 Å². The molecule has 0 saturated carbocycles. The predicted molar refractivity (Wildman–Crippen MR) is 72.9 cm³/mol. The first kappa shape index (κ1) is 14.0. The second kappa shape index (κ2) is 6.12. The van der Waals surface area contributed by atoms with Gasteiger partial charge in [-0.2, -0.15) is 0 Å². The Bertz CT molecular complexity index is 649. The molecule has 20 heavy (non-hydrogen) atoms. The first-order valence-electron chi connectivity index (χ1n) is 5.53. The van der Waals surface area contributed by atoms with E-state index in [-0.39, 0.29) is 10.7 Å². The van der Waals surface area contributed by atoms with Crippen molar-refractivity contribution in [2.45, 2.75) is 0 Å². The molecular weight excluding hydrogens is 285 g/mol. The molecule has 0 atom stereocenters. The van der Waals surface area contributed by atoms with Crippen molar-refractivity contribution in [3.63, 3.8) is 0 Å². The standard InChI is InChI=1S/C13H9ClFN3O2/c14-10-6-8(3-4-11(10)15)17-12(19)13(20)18-9-2-1-5-16-7-9/h1-7H,(H,17,19)(H,18,20). The number of pyridine rings is 1. The molecule has 0 saturated heterocycles. The monoisotopic (exact) mass is 293 g/mol. The lowest BCUT2D eigenvalue weighted by Gasteiger charge is -2.06. The van der Waals surface area contributed by atoms with Crippen LogP contribution in [0.4, 0.5) is 15.8 Å². The van der Waals surface area contributed by atoms with E-state index in [9.17, 15) is 14.0 Å². The number of benzene rings is 1. The Morgan fingerprint density at radius 3 is 2.40 bits per heavy atom. The van der Waals surface area contributed by atoms with Crippen LogP contribution in [0.5, 0.6) is 0 Å². The van der Waals surface area contributed by atoms with Crippen LogP contribution >= 0.6 is 11.6 Å². The molecule has 2 rings (SSSR count). The zero-order valence-corrected chi connectivity index (χ0v) is 10.8. The lowest BCUT2D eigenvalue weighted by molar-refractivity contribution is -0.133. The van der Waals surface area contributed by atoms with E-state index < -0.39 is 17.6 Å². The Balaban J connectivity index is 2.01. The van der Waals surface area contributed by atoms with Crippen LogP contribution in [0, 0.1) is 5.82 Å². The highest BCUT2D eigenvalue weighted by Gasteiger charge is 2.14. The van der Waals surface area contributed by atoms with E-state index in [1.165, 1.54) is 24.5 Å². The molecule has 0 bridgehead atoms. The zero-order chi connectivity index (χ0) is 14.5. The molecule has 7 heteroatoms. The third kappa shape index (κ3) is 3.52. The highest BCUT2D eigenvalue weighted by molar-refractivity contribution is 6.43. The van der Waals surface area contributed by atoms with E-state index in [1.54, 1.807) is 12.1 Å². The van der Waals surface area contributed by atoms with Crippen LogP contribution in [0.1, 0.15) is 0 Å². The number of hydrogen-bond donors (Lipinski definition) is 2. The molecule has 1 aromatic carbocycles. The number of amides is 2. The van der Waals surface area contributed by atoms with Crippen molar-refractivity contribution < 1.29 is 14.0 Å². The van der Waals surface area contributed by atoms with Crippen molar-refractivity contribution in [3.05, 3.63) is 53.6 Å². The Hall–Kier alpha value is -2.47. The first-order valence-corrected chi connectivity index (χ1v) is 5.91. The third-order valence-electron chi connectivity index (χ3n) is 2.30. The minimum atomic E-state index is -0.892. The normalized spacial score (nSPS) is 9.90. The van der Waals surface area contributed by atoms with Gasteiger partial charge < -0.3 is 10.6 Å². The van der Waals surface area contributed by atoms with Crippen LogP contribution in [-0.2, 0) is 9.59 Å². The van der Waals surface area contributed by atoms with Crippen molar-refractivity contribution in [2.24, 2.45) is 0 Å². The molecular formula is C13H9ClFN3O2. The Labute approximate surface area is 118 Å². The largest absolute Gasteiger partial charge is 0.318 e. The van der Waals surface area contributed by atoms with Gasteiger partial charge in [0.15, 0.2) is 0 Å². The number of rotatable bonds is 2. The lowest BCUT2D eigenvalue weighted by Crippen LogP contribution is -2.29. The maximum absolute atomic E-state index is 13.0. The van der Waals surface area contributed by atoms with Crippen LogP contribution in [0.25, 0.3) is 0 Å². The smallest absolute Gasteiger partial charge is 0.314 e. The summed E-state index contributed by atoms with van der Waals surface area (Å²) in [6, 6.07) is 6.82. The number of hydrogen-bond acceptors (Lipinski definition) is 3. The number of halogens is 2. The van der Waals surface area contributed by atoms with Gasteiger partial charge in [0, 0.05) is 11.9 Å². The number of aromatic nitrogens is 1. The summed E-state index contributed by atoms with van der Waals surface area (Å²) in [4.78, 5) is 27.0. The summed E-state index contributed by atoms with van der Waals surface area (Å²) in [6.45, 7) is 0. The van der Waals surface area contributed by atoms with Crippen LogP contribution < -0.4 is 10.6 Å². The van der Waals surface area contributed by atoms with Gasteiger partial charge in [0.25, 0.3) is 0 Å². The van der Waals surface area contributed by atoms with Gasteiger partial charge in [-0.3, -0.25) is 14.6 Å². The van der Waals surface area contributed by atoms with Gasteiger partial charge >= 0.3 is 11.8 Å². The second-order valence-electron chi connectivity index (χ2n) is 3.78. The highest BCUT2D eigenvalue weighted by Crippen LogP contribution is 2.19. The molecule has 0 fully saturated rings. The number of anilines is 2. The van der Waals surface area contributed by atoms with Crippen LogP contribution in [0.2, 0.25) is 5.02 Å². The van der Waals surface area contributed by atoms with Gasteiger partial charge in [0.1, 0.15) is 5.82 Å². The lowest BCUT2D eigenvalue weighted by atomic mass is 10.3. The van der Waals surface area contributed by atoms with Gasteiger partial charge in [0.2, 0.25) is 0 Å². The first-order chi connectivity index (χ1) is 9.56. The summed E-state index contributed by atoms with van der Waals surface area (Å²) in [5.74, 6) is -2.36. The summed E-state index contributed by atoms with van der Waals surface area (Å²) in [7, 11) is 0. The van der Waals surface area contributed by atoms with Crippen molar-refractivity contribution >= 4 is 34.8 Å². The van der Waals surface area contributed by atoms with Gasteiger partial charge in [-0.1, -0.05) is 11.6 Å². The molecule has 0 unspecified atom stereocenters. The summed E-state index contributed by atoms with van der Waals surface area (Å²) >= 11 is 5.57. The van der Waals surface area contributed by atoms with Crippen molar-refractivity contribution in [1.29, 1.82) is 0 Å². The Morgan fingerprint density at radius 2 is 1.80 bits per heavy atom. The Kier molecular flexibility index (Phi) is 4.27. The molecule has 2 aromatic rings. The average Bonchev–Trinajstić information content (AvgIpc) is 2.44. The number of carbonyl (C=O) groups excluding carboxylic acids is 2. The molecule has 0 aliphatic heterocycles. The van der Waals surface area contributed by atoms with E-state index in [0.717, 1.165) is 6.07 Å². The molecule has 5 nitrogen and oxygen atoms in total. The van der Waals surface area contributed by atoms with Crippen LogP contribution in [-0.4, -0.2) is 16.8 Å². The molecule has 0 aliphatic carbocycles. The zero-order valence-electron chi connectivity index (χ0n) is 10.1. The fraction of sp³-hybridized carbons (Fsp3) is 0. The molecule has 0 radical (unpaired) electrons. The molecule has 0 aliphatic rings. The molecule has 0 spiro atoms. The quantitative estimate of drug-likeness (QED) is 0.836. The second-order valence-corrected chi connectivity index (χ2v) is 4.19. The maximum Gasteiger partial charge on any atom is 0.314 e. The van der Waals surface area contributed by atoms with E-state index in [0.29, 0.717) is 5.69 Å². The van der Waals surface area contributed by atoms with Gasteiger partial charge in [-0.05, 0) is 30.3 Å². The molecule has 102 valence electrons.